The Morgan fingerprint density at radius 1 is 1.77 bits per heavy atom. The number of aliphatic hydroxyl groups excluding tert-OH is 1. The fourth-order valence-corrected chi connectivity index (χ4v) is 1.74. The van der Waals surface area contributed by atoms with E-state index >= 15 is 0 Å². The second-order valence-electron chi connectivity index (χ2n) is 3.41. The lowest BCUT2D eigenvalue weighted by Gasteiger charge is -2.36. The van der Waals surface area contributed by atoms with Crippen molar-refractivity contribution in [2.45, 2.75) is 38.3 Å². The highest BCUT2D eigenvalue weighted by Crippen LogP contribution is 2.19. The quantitative estimate of drug-likeness (QED) is 0.633. The van der Waals surface area contributed by atoms with E-state index in [0.717, 1.165) is 0 Å². The van der Waals surface area contributed by atoms with Crippen molar-refractivity contribution in [2.24, 2.45) is 0 Å². The van der Waals surface area contributed by atoms with E-state index < -0.39 is 0 Å². The summed E-state index contributed by atoms with van der Waals surface area (Å²) >= 11 is 0. The molecule has 1 N–H and O–H groups in total. The molecule has 4 heteroatoms. The van der Waals surface area contributed by atoms with Crippen LogP contribution in [0.3, 0.4) is 0 Å². The molecule has 1 amide bonds. The number of rotatable bonds is 1. The predicted molar refractivity (Wildman–Crippen MR) is 46.6 cm³/mol. The number of carbonyl (C=O) groups excluding carboxylic acids is 1. The fourth-order valence-electron chi connectivity index (χ4n) is 1.74. The number of hydrogen-bond acceptors (Lipinski definition) is 3. The molecule has 1 aliphatic heterocycles. The summed E-state index contributed by atoms with van der Waals surface area (Å²) in [5.74, 6) is -0.00727. The van der Waals surface area contributed by atoms with Crippen molar-refractivity contribution in [3.05, 3.63) is 0 Å². The summed E-state index contributed by atoms with van der Waals surface area (Å²) in [6, 6.07) is 1.95. The van der Waals surface area contributed by atoms with Crippen LogP contribution in [0.4, 0.5) is 0 Å². The summed E-state index contributed by atoms with van der Waals surface area (Å²) in [7, 11) is 0. The first-order chi connectivity index (χ1) is 6.15. The Morgan fingerprint density at radius 2 is 2.46 bits per heavy atom. The monoisotopic (exact) mass is 182 g/mol. The first-order valence-electron chi connectivity index (χ1n) is 4.47. The van der Waals surface area contributed by atoms with Crippen LogP contribution in [0.25, 0.3) is 0 Å². The van der Waals surface area contributed by atoms with Crippen molar-refractivity contribution in [2.75, 3.05) is 6.54 Å². The lowest BCUT2D eigenvalue weighted by Crippen LogP contribution is -2.46. The van der Waals surface area contributed by atoms with Crippen LogP contribution in [-0.4, -0.2) is 34.6 Å². The van der Waals surface area contributed by atoms with E-state index in [0.29, 0.717) is 25.8 Å². The maximum Gasteiger partial charge on any atom is 0.219 e. The number of aliphatic hydroxyl groups is 1. The highest BCUT2D eigenvalue weighted by Gasteiger charge is 2.28. The molecule has 0 aromatic carbocycles. The minimum atomic E-state index is -0.353. The molecule has 72 valence electrons. The van der Waals surface area contributed by atoms with Gasteiger partial charge in [0.1, 0.15) is 0 Å². The first-order valence-corrected chi connectivity index (χ1v) is 4.47. The molecule has 1 rings (SSSR count). The smallest absolute Gasteiger partial charge is 0.219 e. The Bertz CT molecular complexity index is 234. The van der Waals surface area contributed by atoms with E-state index in [9.17, 15) is 9.90 Å². The van der Waals surface area contributed by atoms with E-state index in [1.54, 1.807) is 4.90 Å². The minimum Gasteiger partial charge on any atom is -0.393 e. The van der Waals surface area contributed by atoms with Crippen molar-refractivity contribution < 1.29 is 9.90 Å². The van der Waals surface area contributed by atoms with Gasteiger partial charge in [-0.2, -0.15) is 5.26 Å². The normalized spacial score (nSPS) is 28.2. The zero-order chi connectivity index (χ0) is 9.84. The summed E-state index contributed by atoms with van der Waals surface area (Å²) < 4.78 is 0. The fraction of sp³-hybridized carbons (Fsp3) is 0.778. The molecular formula is C9H14N2O2. The van der Waals surface area contributed by atoms with Gasteiger partial charge in [-0.05, 0) is 12.8 Å². The van der Waals surface area contributed by atoms with Crippen LogP contribution in [0.15, 0.2) is 0 Å². The molecule has 0 spiro atoms. The Kier molecular flexibility index (Phi) is 3.26. The Morgan fingerprint density at radius 3 is 3.00 bits per heavy atom. The van der Waals surface area contributed by atoms with Crippen molar-refractivity contribution in [3.63, 3.8) is 0 Å². The lowest BCUT2D eigenvalue weighted by molar-refractivity contribution is -0.133. The molecule has 1 heterocycles. The van der Waals surface area contributed by atoms with Gasteiger partial charge in [-0.25, -0.2) is 0 Å². The van der Waals surface area contributed by atoms with Gasteiger partial charge in [0.05, 0.1) is 18.6 Å². The average molecular weight is 182 g/mol. The van der Waals surface area contributed by atoms with Crippen LogP contribution in [0.2, 0.25) is 0 Å². The summed E-state index contributed by atoms with van der Waals surface area (Å²) in [4.78, 5) is 12.8. The van der Waals surface area contributed by atoms with Gasteiger partial charge in [-0.1, -0.05) is 0 Å². The first kappa shape index (κ1) is 10.0. The predicted octanol–water partition coefficient (Wildman–Crippen LogP) is 0.272. The average Bonchev–Trinajstić information content (AvgIpc) is 2.04. The molecular weight excluding hydrogens is 168 g/mol. The van der Waals surface area contributed by atoms with E-state index in [1.807, 2.05) is 6.07 Å². The number of nitrogens with zero attached hydrogens (tertiary/aromatic N) is 2. The number of nitriles is 1. The lowest BCUT2D eigenvalue weighted by atomic mass is 9.97. The van der Waals surface area contributed by atoms with Crippen LogP contribution >= 0.6 is 0 Å². The van der Waals surface area contributed by atoms with Gasteiger partial charge in [0.2, 0.25) is 5.91 Å². The third-order valence-electron chi connectivity index (χ3n) is 2.42. The molecule has 0 saturated carbocycles. The Balaban J connectivity index is 2.61. The number of carbonyl (C=O) groups is 1. The molecule has 13 heavy (non-hydrogen) atoms. The molecule has 0 aromatic rings. The Labute approximate surface area is 77.8 Å². The topological polar surface area (TPSA) is 64.3 Å². The largest absolute Gasteiger partial charge is 0.393 e. The van der Waals surface area contributed by atoms with Crippen molar-refractivity contribution in [3.8, 4) is 6.07 Å². The zero-order valence-corrected chi connectivity index (χ0v) is 7.73. The summed E-state index contributed by atoms with van der Waals surface area (Å²) in [6.07, 6.45) is 1.12. The summed E-state index contributed by atoms with van der Waals surface area (Å²) in [5.41, 5.74) is 0. The van der Waals surface area contributed by atoms with Crippen LogP contribution in [-0.2, 0) is 4.79 Å². The molecule has 0 aliphatic carbocycles. The van der Waals surface area contributed by atoms with Crippen molar-refractivity contribution in [1.82, 2.24) is 4.90 Å². The standard InChI is InChI=1S/C9H14N2O2/c1-7(12)11-5-3-9(13)6-8(11)2-4-10/h8-9,13H,2-3,5-6H2,1H3/t8-,9-/m1/s1. The van der Waals surface area contributed by atoms with E-state index in [-0.39, 0.29) is 18.1 Å². The summed E-state index contributed by atoms with van der Waals surface area (Å²) in [6.45, 7) is 2.07. The molecule has 1 fully saturated rings. The Hall–Kier alpha value is -1.08. The van der Waals surface area contributed by atoms with Crippen LogP contribution in [0.5, 0.6) is 0 Å². The van der Waals surface area contributed by atoms with E-state index in [4.69, 9.17) is 5.26 Å². The minimum absolute atomic E-state index is 0.00727. The molecule has 1 aliphatic rings. The van der Waals surface area contributed by atoms with E-state index in [1.165, 1.54) is 6.92 Å². The second kappa shape index (κ2) is 4.24. The number of amides is 1. The molecule has 1 saturated heterocycles. The molecule has 0 unspecified atom stereocenters. The molecule has 4 nitrogen and oxygen atoms in total. The highest BCUT2D eigenvalue weighted by atomic mass is 16.3. The number of hydrogen-bond donors (Lipinski definition) is 1. The van der Waals surface area contributed by atoms with Gasteiger partial charge in [0.25, 0.3) is 0 Å². The van der Waals surface area contributed by atoms with Crippen molar-refractivity contribution in [1.29, 1.82) is 5.26 Å². The van der Waals surface area contributed by atoms with Crippen LogP contribution in [0, 0.1) is 11.3 Å². The highest BCUT2D eigenvalue weighted by molar-refractivity contribution is 5.73. The third-order valence-corrected chi connectivity index (χ3v) is 2.42. The van der Waals surface area contributed by atoms with Crippen LogP contribution < -0.4 is 0 Å². The van der Waals surface area contributed by atoms with Crippen molar-refractivity contribution >= 4 is 5.91 Å². The molecule has 0 radical (unpaired) electrons. The van der Waals surface area contributed by atoms with Gasteiger partial charge in [-0.3, -0.25) is 4.79 Å². The molecule has 2 atom stereocenters. The zero-order valence-electron chi connectivity index (χ0n) is 7.73. The number of piperidine rings is 1. The van der Waals surface area contributed by atoms with Crippen LogP contribution in [0.1, 0.15) is 26.2 Å². The van der Waals surface area contributed by atoms with E-state index in [2.05, 4.69) is 0 Å². The third kappa shape index (κ3) is 2.43. The second-order valence-corrected chi connectivity index (χ2v) is 3.41. The molecule has 0 aromatic heterocycles. The maximum absolute atomic E-state index is 11.1. The van der Waals surface area contributed by atoms with Gasteiger partial charge in [-0.15, -0.1) is 0 Å². The van der Waals surface area contributed by atoms with Gasteiger partial charge in [0.15, 0.2) is 0 Å². The maximum atomic E-state index is 11.1. The molecule has 0 bridgehead atoms. The van der Waals surface area contributed by atoms with Gasteiger partial charge < -0.3 is 10.0 Å². The SMILES string of the molecule is CC(=O)N1CC[C@@H](O)C[C@H]1CC#N. The number of likely N-dealkylation sites (tertiary alicyclic amines) is 1. The van der Waals surface area contributed by atoms with Gasteiger partial charge in [0, 0.05) is 19.5 Å². The summed E-state index contributed by atoms with van der Waals surface area (Å²) in [5, 5.41) is 17.9. The van der Waals surface area contributed by atoms with Gasteiger partial charge >= 0.3 is 0 Å².